The zero-order valence-corrected chi connectivity index (χ0v) is 16.4. The highest BCUT2D eigenvalue weighted by Gasteiger charge is 2.98. The number of alkyl halides is 20. The van der Waals surface area contributed by atoms with Crippen molar-refractivity contribution in [3.63, 3.8) is 0 Å². The molecule has 20 heteroatoms. The number of hydrogen-bond donors (Lipinski definition) is 0. The predicted molar refractivity (Wildman–Crippen MR) is 72.6 cm³/mol. The molecule has 1 aliphatic rings. The van der Waals surface area contributed by atoms with E-state index in [9.17, 15) is 79.0 Å². The molecule has 1 rings (SSSR count). The van der Waals surface area contributed by atoms with E-state index in [2.05, 4.69) is 0 Å². The van der Waals surface area contributed by atoms with Crippen LogP contribution in [0.2, 0.25) is 0 Å². The summed E-state index contributed by atoms with van der Waals surface area (Å²) in [5.41, 5.74) is 0. The van der Waals surface area contributed by atoms with E-state index in [1.807, 2.05) is 0 Å². The summed E-state index contributed by atoms with van der Waals surface area (Å²) >= 11 is -0.382. The van der Waals surface area contributed by atoms with Crippen LogP contribution in [0, 0.1) is 0 Å². The third kappa shape index (κ3) is 3.93. The van der Waals surface area contributed by atoms with Gasteiger partial charge in [-0.2, -0.15) is 74.6 Å². The normalized spacial score (nSPS) is 21.9. The van der Waals surface area contributed by atoms with Gasteiger partial charge in [0.15, 0.2) is 0 Å². The van der Waals surface area contributed by atoms with E-state index in [1.165, 1.54) is 0 Å². The van der Waals surface area contributed by atoms with Crippen molar-refractivity contribution in [2.75, 3.05) is 0 Å². The monoisotopic (exact) mass is 704 g/mol. The molecule has 0 atom stereocenters. The molecule has 0 N–H and O–H groups in total. The van der Waals surface area contributed by atoms with E-state index < -0.39 is 71.9 Å². The molecule has 0 radical (unpaired) electrons. The molecule has 0 aromatic rings. The Morgan fingerprint density at radius 1 is 0.448 bits per heavy atom. The van der Waals surface area contributed by atoms with E-state index in [-0.39, 0.29) is 0 Å². The molecule has 0 aromatic carbocycles. The quantitative estimate of drug-likeness (QED) is 0.162. The minimum absolute atomic E-state index is 0.408. The number of rotatable bonds is 4. The lowest BCUT2D eigenvalue weighted by atomic mass is 9.98. The first-order chi connectivity index (χ1) is 12.0. The van der Waals surface area contributed by atoms with Crippen LogP contribution < -0.4 is 0 Å². The standard InChI is InChI=1S/C6F13I.C3F5I/c7-1(8,3(11,12)5(15,16)17)2(9,10)4(13,14)6(18,19)20;4-1(5)2(6,7)3(1,8)9. The second-order valence-corrected chi connectivity index (χ2v) is 7.86. The van der Waals surface area contributed by atoms with Gasteiger partial charge in [0.25, 0.3) is 3.68 Å². The molecule has 0 bridgehead atoms. The molecular formula is C9F18I2. The molecule has 0 nitrogen and oxygen atoms in total. The SMILES string of the molecule is FC(F)(F)C(F)(F)C(F)(F)C(F)(F)C(F)(F)C(F)(F)I.FC1(F)C(F)(F)C1(F)I. The maximum absolute atomic E-state index is 12.5. The van der Waals surface area contributed by atoms with Crippen LogP contribution in [0.5, 0.6) is 0 Å². The first-order valence-electron chi connectivity index (χ1n) is 5.78. The Balaban J connectivity index is 0.000000717. The van der Waals surface area contributed by atoms with Gasteiger partial charge in [0, 0.05) is 22.6 Å². The highest BCUT2D eigenvalue weighted by molar-refractivity contribution is 14.1. The van der Waals surface area contributed by atoms with Crippen molar-refractivity contribution in [2.45, 2.75) is 49.3 Å². The molecule has 29 heavy (non-hydrogen) atoms. The molecule has 0 aliphatic heterocycles. The summed E-state index contributed by atoms with van der Waals surface area (Å²) in [7, 11) is 0. The van der Waals surface area contributed by atoms with Gasteiger partial charge in [-0.15, -0.1) is 0 Å². The lowest BCUT2D eigenvalue weighted by Gasteiger charge is -2.38. The summed E-state index contributed by atoms with van der Waals surface area (Å²) < 4.78 is 206. The fourth-order valence-electron chi connectivity index (χ4n) is 1.11. The van der Waals surface area contributed by atoms with Crippen LogP contribution >= 0.6 is 45.2 Å². The van der Waals surface area contributed by atoms with E-state index >= 15 is 0 Å². The van der Waals surface area contributed by atoms with Crippen molar-refractivity contribution in [3.8, 4) is 0 Å². The van der Waals surface area contributed by atoms with Crippen LogP contribution in [0.1, 0.15) is 0 Å². The second kappa shape index (κ2) is 7.10. The molecule has 0 aromatic heterocycles. The first kappa shape index (κ1) is 29.2. The second-order valence-electron chi connectivity index (χ2n) is 5.02. The van der Waals surface area contributed by atoms with Crippen molar-refractivity contribution in [1.82, 2.24) is 0 Å². The van der Waals surface area contributed by atoms with Gasteiger partial charge in [-0.05, 0) is 22.6 Å². The maximum Gasteiger partial charge on any atom is 0.460 e. The molecule has 1 aliphatic carbocycles. The fraction of sp³-hybridized carbons (Fsp3) is 1.00. The molecular weight excluding hydrogens is 704 g/mol. The maximum atomic E-state index is 12.5. The van der Waals surface area contributed by atoms with Crippen molar-refractivity contribution in [3.05, 3.63) is 0 Å². The van der Waals surface area contributed by atoms with E-state index in [0.717, 1.165) is 0 Å². The summed E-state index contributed by atoms with van der Waals surface area (Å²) in [5.74, 6) is -39.3. The van der Waals surface area contributed by atoms with Crippen LogP contribution in [0.3, 0.4) is 0 Å². The van der Waals surface area contributed by atoms with Gasteiger partial charge in [0.1, 0.15) is 0 Å². The fourth-order valence-corrected chi connectivity index (χ4v) is 1.99. The molecule has 176 valence electrons. The third-order valence-electron chi connectivity index (χ3n) is 3.02. The van der Waals surface area contributed by atoms with Crippen molar-refractivity contribution in [2.24, 2.45) is 0 Å². The van der Waals surface area contributed by atoms with E-state index in [1.54, 1.807) is 0 Å². The molecule has 0 spiro atoms. The van der Waals surface area contributed by atoms with Gasteiger partial charge in [-0.25, -0.2) is 4.39 Å². The summed E-state index contributed by atoms with van der Waals surface area (Å²) in [6.07, 6.45) is -7.36. The highest BCUT2D eigenvalue weighted by atomic mass is 127. The van der Waals surface area contributed by atoms with Crippen LogP contribution in [-0.4, -0.2) is 49.3 Å². The van der Waals surface area contributed by atoms with Crippen LogP contribution in [0.15, 0.2) is 0 Å². The average molecular weight is 704 g/mol. The Bertz CT molecular complexity index is 533. The lowest BCUT2D eigenvalue weighted by molar-refractivity contribution is -0.431. The van der Waals surface area contributed by atoms with E-state index in [4.69, 9.17) is 0 Å². The van der Waals surface area contributed by atoms with Gasteiger partial charge >= 0.3 is 45.6 Å². The Hall–Kier alpha value is 0.200. The van der Waals surface area contributed by atoms with Gasteiger partial charge in [0.2, 0.25) is 0 Å². The van der Waals surface area contributed by atoms with Crippen molar-refractivity contribution < 1.29 is 79.0 Å². The molecule has 0 saturated heterocycles. The largest absolute Gasteiger partial charge is 0.460 e. The van der Waals surface area contributed by atoms with Crippen LogP contribution in [0.25, 0.3) is 0 Å². The molecule has 0 unspecified atom stereocenters. The minimum Gasteiger partial charge on any atom is -0.218 e. The molecule has 1 fully saturated rings. The van der Waals surface area contributed by atoms with Crippen molar-refractivity contribution >= 4 is 45.2 Å². The van der Waals surface area contributed by atoms with Crippen molar-refractivity contribution in [1.29, 1.82) is 0 Å². The Kier molecular flexibility index (Phi) is 7.15. The summed E-state index contributed by atoms with van der Waals surface area (Å²) in [4.78, 5) is 0. The smallest absolute Gasteiger partial charge is 0.218 e. The Morgan fingerprint density at radius 3 is 0.793 bits per heavy atom. The third-order valence-corrected chi connectivity index (χ3v) is 5.05. The zero-order chi connectivity index (χ0) is 24.5. The number of halogens is 20. The summed E-state index contributed by atoms with van der Waals surface area (Å²) in [6, 6.07) is 0. The summed E-state index contributed by atoms with van der Waals surface area (Å²) in [5, 5.41) is 0. The Labute approximate surface area is 173 Å². The summed E-state index contributed by atoms with van der Waals surface area (Å²) in [6.45, 7) is 0. The predicted octanol–water partition coefficient (Wildman–Crippen LogP) is 7.49. The number of hydrogen-bond acceptors (Lipinski definition) is 0. The molecule has 0 heterocycles. The molecule has 0 amide bonds. The lowest BCUT2D eigenvalue weighted by Crippen LogP contribution is -2.69. The zero-order valence-electron chi connectivity index (χ0n) is 12.1. The van der Waals surface area contributed by atoms with Crippen LogP contribution in [0.4, 0.5) is 79.0 Å². The Morgan fingerprint density at radius 2 is 0.655 bits per heavy atom. The highest BCUT2D eigenvalue weighted by Crippen LogP contribution is 2.71. The average Bonchev–Trinajstić information content (AvgIpc) is 2.71. The van der Waals surface area contributed by atoms with Gasteiger partial charge < -0.3 is 0 Å². The van der Waals surface area contributed by atoms with Gasteiger partial charge in [-0.1, -0.05) is 0 Å². The minimum atomic E-state index is -7.81. The van der Waals surface area contributed by atoms with Crippen LogP contribution in [-0.2, 0) is 0 Å². The van der Waals surface area contributed by atoms with Gasteiger partial charge in [-0.3, -0.25) is 0 Å². The van der Waals surface area contributed by atoms with Gasteiger partial charge in [0.05, 0.1) is 0 Å². The van der Waals surface area contributed by atoms with E-state index in [0.29, 0.717) is 22.6 Å². The first-order valence-corrected chi connectivity index (χ1v) is 7.94. The molecule has 1 saturated carbocycles. The topological polar surface area (TPSA) is 0 Å².